The van der Waals surface area contributed by atoms with Crippen molar-refractivity contribution in [3.63, 3.8) is 0 Å². The van der Waals surface area contributed by atoms with Gasteiger partial charge in [0.2, 0.25) is 5.91 Å². The third-order valence-electron chi connectivity index (χ3n) is 3.90. The van der Waals surface area contributed by atoms with Crippen LogP contribution >= 0.6 is 27.7 Å². The number of amides is 3. The van der Waals surface area contributed by atoms with E-state index in [-0.39, 0.29) is 12.5 Å². The average Bonchev–Trinajstić information content (AvgIpc) is 2.90. The fourth-order valence-corrected chi connectivity index (χ4v) is 4.03. The smallest absolute Gasteiger partial charge is 0.294 e. The predicted molar refractivity (Wildman–Crippen MR) is 104 cm³/mol. The number of rotatable bonds is 4. The molecule has 1 aromatic carbocycles. The van der Waals surface area contributed by atoms with E-state index in [4.69, 9.17) is 4.74 Å². The Kier molecular flexibility index (Phi) is 6.29. The second kappa shape index (κ2) is 8.66. The fraction of sp³-hybridized carbons (Fsp3) is 0.278. The maximum atomic E-state index is 12.5. The third-order valence-corrected chi connectivity index (χ3v) is 5.27. The zero-order valence-electron chi connectivity index (χ0n) is 13.9. The quantitative estimate of drug-likeness (QED) is 0.678. The molecule has 2 aliphatic rings. The highest BCUT2D eigenvalue weighted by atomic mass is 79.9. The van der Waals surface area contributed by atoms with Gasteiger partial charge in [-0.1, -0.05) is 46.3 Å². The predicted octanol–water partition coefficient (Wildman–Crippen LogP) is 2.86. The second-order valence-electron chi connectivity index (χ2n) is 5.70. The van der Waals surface area contributed by atoms with E-state index < -0.39 is 11.1 Å². The SMILES string of the molecule is O=C(CN1C(=O)S/C(=C\C(Br)=C\c2ccccc2)C1=O)N1CCOCC1. The molecule has 8 heteroatoms. The number of nitrogens with zero attached hydrogens (tertiary/aromatic N) is 2. The summed E-state index contributed by atoms with van der Waals surface area (Å²) >= 11 is 4.25. The minimum Gasteiger partial charge on any atom is -0.378 e. The molecule has 0 unspecified atom stereocenters. The summed E-state index contributed by atoms with van der Waals surface area (Å²) in [6.45, 7) is 1.68. The van der Waals surface area contributed by atoms with Gasteiger partial charge in [-0.25, -0.2) is 0 Å². The molecule has 26 heavy (non-hydrogen) atoms. The van der Waals surface area contributed by atoms with Crippen molar-refractivity contribution in [2.45, 2.75) is 0 Å². The zero-order valence-corrected chi connectivity index (χ0v) is 16.3. The molecule has 136 valence electrons. The molecule has 2 fully saturated rings. The number of hydrogen-bond donors (Lipinski definition) is 0. The van der Waals surface area contributed by atoms with E-state index in [1.54, 1.807) is 11.0 Å². The monoisotopic (exact) mass is 436 g/mol. The molecule has 3 rings (SSSR count). The first kappa shape index (κ1) is 18.9. The van der Waals surface area contributed by atoms with Crippen molar-refractivity contribution in [1.29, 1.82) is 0 Å². The number of morpholine rings is 1. The standard InChI is InChI=1S/C18H17BrN2O4S/c19-14(10-13-4-2-1-3-5-13)11-15-17(23)21(18(24)26-15)12-16(22)20-6-8-25-9-7-20/h1-5,10-11H,6-9,12H2/b14-10-,15-11-. The van der Waals surface area contributed by atoms with Crippen molar-refractivity contribution in [2.24, 2.45) is 0 Å². The molecule has 0 saturated carbocycles. The van der Waals surface area contributed by atoms with Crippen molar-refractivity contribution in [3.05, 3.63) is 51.4 Å². The Balaban J connectivity index is 1.68. The van der Waals surface area contributed by atoms with Gasteiger partial charge in [0.15, 0.2) is 0 Å². The first-order valence-corrected chi connectivity index (χ1v) is 9.68. The van der Waals surface area contributed by atoms with Crippen molar-refractivity contribution >= 4 is 50.8 Å². The van der Waals surface area contributed by atoms with Gasteiger partial charge in [-0.3, -0.25) is 19.3 Å². The van der Waals surface area contributed by atoms with Gasteiger partial charge in [0.1, 0.15) is 6.54 Å². The number of ether oxygens (including phenoxy) is 1. The van der Waals surface area contributed by atoms with Gasteiger partial charge in [0, 0.05) is 17.6 Å². The van der Waals surface area contributed by atoms with Crippen LogP contribution in [0.25, 0.3) is 6.08 Å². The molecule has 3 amide bonds. The lowest BCUT2D eigenvalue weighted by atomic mass is 10.2. The lowest BCUT2D eigenvalue weighted by Gasteiger charge is -2.28. The fourth-order valence-electron chi connectivity index (χ4n) is 2.56. The largest absolute Gasteiger partial charge is 0.378 e. The normalized spacial score (nSPS) is 20.2. The second-order valence-corrected chi connectivity index (χ2v) is 7.61. The van der Waals surface area contributed by atoms with E-state index >= 15 is 0 Å². The Labute approximate surface area is 164 Å². The van der Waals surface area contributed by atoms with Crippen molar-refractivity contribution in [1.82, 2.24) is 9.80 Å². The van der Waals surface area contributed by atoms with Crippen molar-refractivity contribution in [3.8, 4) is 0 Å². The molecule has 0 spiro atoms. The van der Waals surface area contributed by atoms with Crippen LogP contribution in [0.5, 0.6) is 0 Å². The minimum absolute atomic E-state index is 0.234. The molecule has 0 N–H and O–H groups in total. The van der Waals surface area contributed by atoms with Gasteiger partial charge < -0.3 is 9.64 Å². The van der Waals surface area contributed by atoms with Crippen molar-refractivity contribution in [2.75, 3.05) is 32.8 Å². The summed E-state index contributed by atoms with van der Waals surface area (Å²) in [6.07, 6.45) is 3.46. The van der Waals surface area contributed by atoms with Crippen molar-refractivity contribution < 1.29 is 19.1 Å². The van der Waals surface area contributed by atoms with Gasteiger partial charge in [-0.2, -0.15) is 0 Å². The number of thioether (sulfide) groups is 1. The maximum Gasteiger partial charge on any atom is 0.294 e. The van der Waals surface area contributed by atoms with E-state index in [1.165, 1.54) is 0 Å². The first-order valence-electron chi connectivity index (χ1n) is 8.08. The van der Waals surface area contributed by atoms with Gasteiger partial charge in [-0.05, 0) is 29.5 Å². The first-order chi connectivity index (χ1) is 12.5. The molecule has 2 saturated heterocycles. The van der Waals surface area contributed by atoms with Gasteiger partial charge in [0.25, 0.3) is 11.1 Å². The molecule has 2 aliphatic heterocycles. The average molecular weight is 437 g/mol. The highest BCUT2D eigenvalue weighted by molar-refractivity contribution is 9.12. The van der Waals surface area contributed by atoms with Gasteiger partial charge in [0.05, 0.1) is 18.1 Å². The zero-order chi connectivity index (χ0) is 18.5. The number of hydrogen-bond acceptors (Lipinski definition) is 5. The van der Waals surface area contributed by atoms with Crippen LogP contribution < -0.4 is 0 Å². The van der Waals surface area contributed by atoms with Crippen LogP contribution in [-0.4, -0.2) is 59.7 Å². The molecular formula is C18H17BrN2O4S. The number of allylic oxidation sites excluding steroid dienone is 2. The number of carbonyl (C=O) groups is 3. The lowest BCUT2D eigenvalue weighted by molar-refractivity contribution is -0.139. The Hall–Kier alpha value is -1.90. The van der Waals surface area contributed by atoms with Crippen LogP contribution in [0, 0.1) is 0 Å². The van der Waals surface area contributed by atoms with Crippen LogP contribution in [0.1, 0.15) is 5.56 Å². The molecule has 6 nitrogen and oxygen atoms in total. The molecule has 0 aliphatic carbocycles. The van der Waals surface area contributed by atoms with E-state index in [9.17, 15) is 14.4 Å². The summed E-state index contributed by atoms with van der Waals surface area (Å²) in [6, 6.07) is 9.61. The molecular weight excluding hydrogens is 420 g/mol. The molecule has 0 radical (unpaired) electrons. The molecule has 0 atom stereocenters. The number of carbonyl (C=O) groups excluding carboxylic acids is 3. The van der Waals surface area contributed by atoms with Crippen LogP contribution in [0.15, 0.2) is 45.8 Å². The van der Waals surface area contributed by atoms with Gasteiger partial charge >= 0.3 is 0 Å². The van der Waals surface area contributed by atoms with E-state index in [0.29, 0.717) is 35.7 Å². The summed E-state index contributed by atoms with van der Waals surface area (Å²) in [5, 5.41) is -0.428. The third kappa shape index (κ3) is 4.63. The van der Waals surface area contributed by atoms with E-state index in [1.807, 2.05) is 36.4 Å². The maximum absolute atomic E-state index is 12.5. The van der Waals surface area contributed by atoms with E-state index in [0.717, 1.165) is 22.2 Å². The van der Waals surface area contributed by atoms with Gasteiger partial charge in [-0.15, -0.1) is 0 Å². The lowest BCUT2D eigenvalue weighted by Crippen LogP contribution is -2.46. The number of halogens is 1. The Bertz CT molecular complexity index is 773. The van der Waals surface area contributed by atoms with E-state index in [2.05, 4.69) is 15.9 Å². The Morgan fingerprint density at radius 2 is 1.88 bits per heavy atom. The van der Waals surface area contributed by atoms with Crippen LogP contribution in [0.4, 0.5) is 4.79 Å². The molecule has 1 aromatic rings. The highest BCUT2D eigenvalue weighted by Crippen LogP contribution is 2.32. The minimum atomic E-state index is -0.444. The topological polar surface area (TPSA) is 66.9 Å². The Morgan fingerprint density at radius 3 is 2.58 bits per heavy atom. The summed E-state index contributed by atoms with van der Waals surface area (Å²) < 4.78 is 5.88. The summed E-state index contributed by atoms with van der Waals surface area (Å²) in [5.74, 6) is -0.684. The highest BCUT2D eigenvalue weighted by Gasteiger charge is 2.37. The number of imide groups is 1. The van der Waals surface area contributed by atoms with Crippen LogP contribution in [0.3, 0.4) is 0 Å². The molecule has 0 bridgehead atoms. The molecule has 0 aromatic heterocycles. The summed E-state index contributed by atoms with van der Waals surface area (Å²) in [7, 11) is 0. The van der Waals surface area contributed by atoms with Crippen LogP contribution in [-0.2, 0) is 14.3 Å². The van der Waals surface area contributed by atoms with Crippen LogP contribution in [0.2, 0.25) is 0 Å². The summed E-state index contributed by atoms with van der Waals surface area (Å²) in [5.41, 5.74) is 0.970. The Morgan fingerprint density at radius 1 is 1.19 bits per heavy atom. The molecule has 2 heterocycles. The number of benzene rings is 1. The summed E-state index contributed by atoms with van der Waals surface area (Å²) in [4.78, 5) is 39.8.